The molecule has 0 spiro atoms. The topological polar surface area (TPSA) is 58.0 Å². The van der Waals surface area contributed by atoms with Crippen LogP contribution in [0.1, 0.15) is 26.0 Å². The molecule has 15 heavy (non-hydrogen) atoms. The van der Waals surface area contributed by atoms with Crippen LogP contribution in [0, 0.1) is 12.8 Å². The molecular weight excluding hydrogens is 190 g/mol. The fourth-order valence-electron chi connectivity index (χ4n) is 1.23. The highest BCUT2D eigenvalue weighted by atomic mass is 16.3. The van der Waals surface area contributed by atoms with Gasteiger partial charge < -0.3 is 10.4 Å². The van der Waals surface area contributed by atoms with E-state index >= 15 is 0 Å². The molecule has 0 saturated carbocycles. The molecule has 2 unspecified atom stereocenters. The van der Waals surface area contributed by atoms with Crippen molar-refractivity contribution in [1.29, 1.82) is 0 Å². The maximum absolute atomic E-state index is 9.74. The largest absolute Gasteiger partial charge is 0.391 e. The second kappa shape index (κ2) is 5.66. The number of aromatic nitrogens is 2. The summed E-state index contributed by atoms with van der Waals surface area (Å²) in [4.78, 5) is 8.27. The highest BCUT2D eigenvalue weighted by Crippen LogP contribution is 2.08. The summed E-state index contributed by atoms with van der Waals surface area (Å²) in [6, 6.07) is 0. The number of aryl methyl sites for hydroxylation is 1. The molecule has 0 aromatic carbocycles. The summed E-state index contributed by atoms with van der Waals surface area (Å²) in [5.74, 6) is 1.02. The molecule has 0 aliphatic carbocycles. The Balaban J connectivity index is 2.43. The van der Waals surface area contributed by atoms with Gasteiger partial charge in [0.2, 0.25) is 0 Å². The molecule has 84 valence electrons. The van der Waals surface area contributed by atoms with Crippen LogP contribution in [-0.4, -0.2) is 27.7 Å². The summed E-state index contributed by atoms with van der Waals surface area (Å²) in [7, 11) is 0. The summed E-state index contributed by atoms with van der Waals surface area (Å²) < 4.78 is 0. The second-order valence-electron chi connectivity index (χ2n) is 3.88. The Morgan fingerprint density at radius 3 is 2.80 bits per heavy atom. The zero-order valence-corrected chi connectivity index (χ0v) is 9.57. The number of anilines is 1. The van der Waals surface area contributed by atoms with Crippen LogP contribution in [0.5, 0.6) is 0 Å². The van der Waals surface area contributed by atoms with Gasteiger partial charge in [0.05, 0.1) is 18.0 Å². The van der Waals surface area contributed by atoms with Crippen molar-refractivity contribution in [3.63, 3.8) is 0 Å². The molecule has 0 aliphatic heterocycles. The minimum Gasteiger partial charge on any atom is -0.391 e. The van der Waals surface area contributed by atoms with Crippen molar-refractivity contribution in [2.24, 2.45) is 5.92 Å². The van der Waals surface area contributed by atoms with Crippen molar-refractivity contribution in [2.75, 3.05) is 11.9 Å². The summed E-state index contributed by atoms with van der Waals surface area (Å²) in [6.07, 6.45) is 4.01. The minimum absolute atomic E-state index is 0.301. The first kappa shape index (κ1) is 11.9. The average molecular weight is 209 g/mol. The zero-order chi connectivity index (χ0) is 11.3. The molecule has 1 rings (SSSR count). The van der Waals surface area contributed by atoms with E-state index in [4.69, 9.17) is 0 Å². The van der Waals surface area contributed by atoms with Gasteiger partial charge in [-0.3, -0.25) is 4.98 Å². The van der Waals surface area contributed by atoms with Crippen LogP contribution < -0.4 is 5.32 Å². The van der Waals surface area contributed by atoms with E-state index < -0.39 is 0 Å². The van der Waals surface area contributed by atoms with Crippen LogP contribution >= 0.6 is 0 Å². The molecular formula is C11H19N3O. The van der Waals surface area contributed by atoms with Crippen LogP contribution in [0.15, 0.2) is 12.4 Å². The van der Waals surface area contributed by atoms with Gasteiger partial charge in [-0.1, -0.05) is 20.3 Å². The van der Waals surface area contributed by atoms with Crippen molar-refractivity contribution in [3.05, 3.63) is 18.1 Å². The lowest BCUT2D eigenvalue weighted by Crippen LogP contribution is -2.26. The van der Waals surface area contributed by atoms with E-state index in [0.29, 0.717) is 12.5 Å². The number of hydrogen-bond acceptors (Lipinski definition) is 4. The fourth-order valence-corrected chi connectivity index (χ4v) is 1.23. The number of hydrogen-bond donors (Lipinski definition) is 2. The Morgan fingerprint density at radius 1 is 1.47 bits per heavy atom. The smallest absolute Gasteiger partial charge is 0.144 e. The van der Waals surface area contributed by atoms with Crippen LogP contribution in [0.2, 0.25) is 0 Å². The van der Waals surface area contributed by atoms with Gasteiger partial charge in [-0.25, -0.2) is 4.98 Å². The first-order valence-corrected chi connectivity index (χ1v) is 5.34. The highest BCUT2D eigenvalue weighted by molar-refractivity contribution is 5.31. The number of nitrogens with one attached hydrogen (secondary N) is 1. The van der Waals surface area contributed by atoms with E-state index in [0.717, 1.165) is 17.9 Å². The molecule has 0 aliphatic rings. The lowest BCUT2D eigenvalue weighted by Gasteiger charge is -2.17. The molecule has 0 bridgehead atoms. The van der Waals surface area contributed by atoms with Crippen LogP contribution in [0.4, 0.5) is 5.82 Å². The molecule has 0 saturated heterocycles. The van der Waals surface area contributed by atoms with E-state index in [2.05, 4.69) is 22.2 Å². The second-order valence-corrected chi connectivity index (χ2v) is 3.88. The highest BCUT2D eigenvalue weighted by Gasteiger charge is 2.11. The predicted molar refractivity (Wildman–Crippen MR) is 60.7 cm³/mol. The third-order valence-corrected chi connectivity index (χ3v) is 2.55. The van der Waals surface area contributed by atoms with Gasteiger partial charge in [0.1, 0.15) is 5.82 Å². The molecule has 1 aromatic rings. The lowest BCUT2D eigenvalue weighted by molar-refractivity contribution is 0.126. The van der Waals surface area contributed by atoms with Crippen LogP contribution in [0.3, 0.4) is 0 Å². The van der Waals surface area contributed by atoms with Gasteiger partial charge in [-0.2, -0.15) is 0 Å². The van der Waals surface area contributed by atoms with Crippen molar-refractivity contribution < 1.29 is 5.11 Å². The molecule has 4 heteroatoms. The lowest BCUT2D eigenvalue weighted by atomic mass is 10.0. The summed E-state index contributed by atoms with van der Waals surface area (Å²) >= 11 is 0. The summed E-state index contributed by atoms with van der Waals surface area (Å²) in [5, 5.41) is 12.8. The van der Waals surface area contributed by atoms with Gasteiger partial charge in [-0.15, -0.1) is 0 Å². The zero-order valence-electron chi connectivity index (χ0n) is 9.57. The van der Waals surface area contributed by atoms with Gasteiger partial charge in [-0.05, 0) is 12.8 Å². The van der Waals surface area contributed by atoms with E-state index in [1.807, 2.05) is 13.8 Å². The Bertz CT molecular complexity index is 304. The van der Waals surface area contributed by atoms with Gasteiger partial charge in [0.25, 0.3) is 0 Å². The predicted octanol–water partition coefficient (Wildman–Crippen LogP) is 1.60. The number of nitrogens with zero attached hydrogens (tertiary/aromatic N) is 2. The SMILES string of the molecule is CCC(C)C(O)CNc1cncc(C)n1. The first-order chi connectivity index (χ1) is 7.13. The fraction of sp³-hybridized carbons (Fsp3) is 0.636. The Kier molecular flexibility index (Phi) is 4.49. The normalized spacial score (nSPS) is 14.7. The Labute approximate surface area is 90.8 Å². The van der Waals surface area contributed by atoms with Crippen LogP contribution in [0.25, 0.3) is 0 Å². The van der Waals surface area contributed by atoms with E-state index in [9.17, 15) is 5.11 Å². The van der Waals surface area contributed by atoms with E-state index in [1.54, 1.807) is 12.4 Å². The minimum atomic E-state index is -0.336. The molecule has 2 N–H and O–H groups in total. The number of aliphatic hydroxyl groups excluding tert-OH is 1. The first-order valence-electron chi connectivity index (χ1n) is 5.34. The molecule has 1 heterocycles. The van der Waals surface area contributed by atoms with Crippen molar-refractivity contribution in [3.8, 4) is 0 Å². The van der Waals surface area contributed by atoms with Crippen LogP contribution in [-0.2, 0) is 0 Å². The average Bonchev–Trinajstić information content (AvgIpc) is 2.25. The third-order valence-electron chi connectivity index (χ3n) is 2.55. The van der Waals surface area contributed by atoms with E-state index in [-0.39, 0.29) is 6.10 Å². The van der Waals surface area contributed by atoms with Crippen molar-refractivity contribution >= 4 is 5.82 Å². The van der Waals surface area contributed by atoms with Gasteiger partial charge in [0, 0.05) is 12.7 Å². The number of aliphatic hydroxyl groups is 1. The molecule has 1 aromatic heterocycles. The molecule has 2 atom stereocenters. The third kappa shape index (κ3) is 3.83. The molecule has 4 nitrogen and oxygen atoms in total. The molecule has 0 amide bonds. The maximum Gasteiger partial charge on any atom is 0.144 e. The number of rotatable bonds is 5. The molecule has 0 radical (unpaired) electrons. The summed E-state index contributed by atoms with van der Waals surface area (Å²) in [6.45, 7) is 6.52. The Morgan fingerprint density at radius 2 is 2.20 bits per heavy atom. The summed E-state index contributed by atoms with van der Waals surface area (Å²) in [5.41, 5.74) is 0.873. The Hall–Kier alpha value is -1.16. The van der Waals surface area contributed by atoms with Crippen molar-refractivity contribution in [2.45, 2.75) is 33.3 Å². The van der Waals surface area contributed by atoms with Crippen molar-refractivity contribution in [1.82, 2.24) is 9.97 Å². The maximum atomic E-state index is 9.74. The van der Waals surface area contributed by atoms with Gasteiger partial charge >= 0.3 is 0 Å². The van der Waals surface area contributed by atoms with E-state index in [1.165, 1.54) is 0 Å². The quantitative estimate of drug-likeness (QED) is 0.773. The standard InChI is InChI=1S/C11H19N3O/c1-4-8(2)10(15)6-13-11-7-12-5-9(3)14-11/h5,7-8,10,15H,4,6H2,1-3H3,(H,13,14). The van der Waals surface area contributed by atoms with Gasteiger partial charge in [0.15, 0.2) is 0 Å². The monoisotopic (exact) mass is 209 g/mol. The molecule has 0 fully saturated rings.